The van der Waals surface area contributed by atoms with Crippen LogP contribution in [0.3, 0.4) is 0 Å². The Morgan fingerprint density at radius 3 is 2.84 bits per heavy atom. The number of nitrogens with zero attached hydrogens (tertiary/aromatic N) is 5. The van der Waals surface area contributed by atoms with Gasteiger partial charge in [-0.15, -0.1) is 5.10 Å². The van der Waals surface area contributed by atoms with Gasteiger partial charge in [-0.1, -0.05) is 36.0 Å². The summed E-state index contributed by atoms with van der Waals surface area (Å²) in [6.45, 7) is 4.48. The highest BCUT2D eigenvalue weighted by atomic mass is 32.2. The predicted molar refractivity (Wildman–Crippen MR) is 123 cm³/mol. The van der Waals surface area contributed by atoms with Gasteiger partial charge in [0, 0.05) is 29.2 Å². The molecule has 0 spiro atoms. The van der Waals surface area contributed by atoms with Gasteiger partial charge >= 0.3 is 0 Å². The van der Waals surface area contributed by atoms with E-state index in [4.69, 9.17) is 0 Å². The van der Waals surface area contributed by atoms with Crippen molar-refractivity contribution < 1.29 is 9.18 Å². The minimum atomic E-state index is -0.329. The molecule has 0 unspecified atom stereocenters. The highest BCUT2D eigenvalue weighted by molar-refractivity contribution is 7.98. The van der Waals surface area contributed by atoms with Crippen LogP contribution in [0.15, 0.2) is 53.7 Å². The van der Waals surface area contributed by atoms with Crippen molar-refractivity contribution in [2.75, 3.05) is 11.4 Å². The lowest BCUT2D eigenvalue weighted by Crippen LogP contribution is -2.36. The first-order chi connectivity index (χ1) is 15.5. The molecule has 162 valence electrons. The van der Waals surface area contributed by atoms with Gasteiger partial charge in [-0.25, -0.2) is 13.9 Å². The third-order valence-electron chi connectivity index (χ3n) is 5.61. The number of aryl methyl sites for hydroxylation is 3. The van der Waals surface area contributed by atoms with Crippen LogP contribution in [0.2, 0.25) is 0 Å². The molecule has 5 rings (SSSR count). The Hall–Kier alpha value is -3.26. The molecule has 1 amide bonds. The average molecular weight is 448 g/mol. The fourth-order valence-electron chi connectivity index (χ4n) is 4.11. The van der Waals surface area contributed by atoms with Gasteiger partial charge in [-0.05, 0) is 62.1 Å². The number of anilines is 1. The van der Waals surface area contributed by atoms with Crippen LogP contribution in [0.5, 0.6) is 0 Å². The molecule has 2 aromatic carbocycles. The Morgan fingerprint density at radius 2 is 1.97 bits per heavy atom. The lowest BCUT2D eigenvalue weighted by molar-refractivity contribution is 0.0984. The molecule has 1 aliphatic rings. The number of carbonyl (C=O) groups is 1. The molecule has 0 aliphatic carbocycles. The fraction of sp³-hybridized carbons (Fsp3) is 0.250. The third-order valence-corrected chi connectivity index (χ3v) is 6.50. The van der Waals surface area contributed by atoms with Crippen molar-refractivity contribution in [2.45, 2.75) is 37.6 Å². The Bertz CT molecular complexity index is 1340. The van der Waals surface area contributed by atoms with Crippen molar-refractivity contribution in [1.29, 1.82) is 0 Å². The number of benzene rings is 2. The second-order valence-electron chi connectivity index (χ2n) is 7.92. The van der Waals surface area contributed by atoms with E-state index in [1.807, 2.05) is 44.2 Å². The molecular weight excluding hydrogens is 425 g/mol. The molecule has 3 heterocycles. The summed E-state index contributed by atoms with van der Waals surface area (Å²) in [7, 11) is 0. The van der Waals surface area contributed by atoms with Crippen LogP contribution in [0, 0.1) is 19.7 Å². The van der Waals surface area contributed by atoms with Gasteiger partial charge in [0.25, 0.3) is 11.7 Å². The maximum atomic E-state index is 13.9. The third kappa shape index (κ3) is 3.86. The summed E-state index contributed by atoms with van der Waals surface area (Å²) in [6.07, 6.45) is 1.71. The van der Waals surface area contributed by atoms with Gasteiger partial charge < -0.3 is 4.90 Å². The number of hydrogen-bond acceptors (Lipinski definition) is 5. The van der Waals surface area contributed by atoms with E-state index in [2.05, 4.69) is 15.1 Å². The van der Waals surface area contributed by atoms with Crippen LogP contribution in [-0.4, -0.2) is 32.0 Å². The molecule has 6 nitrogen and oxygen atoms in total. The zero-order valence-electron chi connectivity index (χ0n) is 17.9. The van der Waals surface area contributed by atoms with Crippen molar-refractivity contribution in [2.24, 2.45) is 0 Å². The van der Waals surface area contributed by atoms with E-state index in [0.29, 0.717) is 34.5 Å². The summed E-state index contributed by atoms with van der Waals surface area (Å²) in [5.41, 5.74) is 5.05. The summed E-state index contributed by atoms with van der Waals surface area (Å²) in [4.78, 5) is 24.1. The molecule has 0 radical (unpaired) electrons. The van der Waals surface area contributed by atoms with Crippen molar-refractivity contribution in [3.63, 3.8) is 0 Å². The van der Waals surface area contributed by atoms with E-state index in [1.54, 1.807) is 15.5 Å². The Balaban J connectivity index is 1.41. The summed E-state index contributed by atoms with van der Waals surface area (Å²) in [5.74, 6) is 0.676. The largest absolute Gasteiger partial charge is 0.308 e. The zero-order chi connectivity index (χ0) is 22.2. The van der Waals surface area contributed by atoms with E-state index >= 15 is 0 Å². The maximum Gasteiger partial charge on any atom is 0.258 e. The first kappa shape index (κ1) is 20.6. The molecule has 8 heteroatoms. The summed E-state index contributed by atoms with van der Waals surface area (Å²) in [5, 5.41) is 5.15. The number of halogens is 1. The molecule has 0 fully saturated rings. The molecule has 0 N–H and O–H groups in total. The number of carbonyl (C=O) groups excluding carboxylic acids is 1. The lowest BCUT2D eigenvalue weighted by Gasteiger charge is -2.30. The van der Waals surface area contributed by atoms with Crippen LogP contribution in [0.4, 0.5) is 10.1 Å². The Kier molecular flexibility index (Phi) is 5.38. The number of fused-ring (bicyclic) bond motifs is 2. The summed E-state index contributed by atoms with van der Waals surface area (Å²) >= 11 is 1.47. The molecule has 32 heavy (non-hydrogen) atoms. The van der Waals surface area contributed by atoms with Crippen molar-refractivity contribution in [3.8, 4) is 0 Å². The van der Waals surface area contributed by atoms with Gasteiger partial charge in [0.05, 0.1) is 5.69 Å². The number of rotatable bonds is 4. The predicted octanol–water partition coefficient (Wildman–Crippen LogP) is 4.77. The summed E-state index contributed by atoms with van der Waals surface area (Å²) in [6, 6.07) is 14.2. The van der Waals surface area contributed by atoms with Gasteiger partial charge in [0.2, 0.25) is 5.16 Å². The second-order valence-corrected chi connectivity index (χ2v) is 8.87. The fourth-order valence-corrected chi connectivity index (χ4v) is 4.93. The van der Waals surface area contributed by atoms with Crippen LogP contribution in [0.25, 0.3) is 5.78 Å². The van der Waals surface area contributed by atoms with Crippen molar-refractivity contribution in [3.05, 3.63) is 82.4 Å². The van der Waals surface area contributed by atoms with Gasteiger partial charge in [-0.3, -0.25) is 4.79 Å². The van der Waals surface area contributed by atoms with E-state index < -0.39 is 0 Å². The van der Waals surface area contributed by atoms with Crippen LogP contribution in [-0.2, 0) is 12.2 Å². The zero-order valence-corrected chi connectivity index (χ0v) is 18.7. The maximum absolute atomic E-state index is 13.9. The number of aromatic nitrogens is 4. The van der Waals surface area contributed by atoms with E-state index in [9.17, 15) is 9.18 Å². The molecule has 0 atom stereocenters. The smallest absolute Gasteiger partial charge is 0.258 e. The number of hydrogen-bond donors (Lipinski definition) is 0. The first-order valence-corrected chi connectivity index (χ1v) is 11.5. The van der Waals surface area contributed by atoms with Crippen LogP contribution in [0.1, 0.15) is 39.3 Å². The molecule has 1 aliphatic heterocycles. The van der Waals surface area contributed by atoms with Gasteiger partial charge in [0.15, 0.2) is 0 Å². The van der Waals surface area contributed by atoms with Gasteiger partial charge in [-0.2, -0.15) is 4.98 Å². The molecule has 4 aromatic rings. The minimum absolute atomic E-state index is 0.108. The molecular formula is C24H22FN5OS. The molecule has 0 bridgehead atoms. The molecule has 0 saturated heterocycles. The van der Waals surface area contributed by atoms with Gasteiger partial charge in [0.1, 0.15) is 5.82 Å². The average Bonchev–Trinajstić information content (AvgIpc) is 3.20. The number of amides is 1. The van der Waals surface area contributed by atoms with E-state index in [1.165, 1.54) is 23.9 Å². The van der Waals surface area contributed by atoms with E-state index in [0.717, 1.165) is 35.4 Å². The number of thioether (sulfide) groups is 1. The van der Waals surface area contributed by atoms with Crippen LogP contribution >= 0.6 is 11.8 Å². The summed E-state index contributed by atoms with van der Waals surface area (Å²) < 4.78 is 15.6. The molecule has 2 aromatic heterocycles. The van der Waals surface area contributed by atoms with Crippen LogP contribution < -0.4 is 4.90 Å². The SMILES string of the molecule is Cc1cc(C)n2nc(SCc3ccccc3C(=O)N3CCCc4ccc(F)cc43)nc2n1. The second kappa shape index (κ2) is 8.35. The highest BCUT2D eigenvalue weighted by Gasteiger charge is 2.25. The monoisotopic (exact) mass is 447 g/mol. The quantitative estimate of drug-likeness (QED) is 0.422. The first-order valence-electron chi connectivity index (χ1n) is 10.5. The van der Waals surface area contributed by atoms with Crippen molar-refractivity contribution in [1.82, 2.24) is 19.6 Å². The minimum Gasteiger partial charge on any atom is -0.308 e. The topological polar surface area (TPSA) is 63.4 Å². The Morgan fingerprint density at radius 1 is 1.12 bits per heavy atom. The Labute approximate surface area is 189 Å². The lowest BCUT2D eigenvalue weighted by atomic mass is 9.99. The normalized spacial score (nSPS) is 13.4. The standard InChI is InChI=1S/C24H22FN5OS/c1-15-12-16(2)30-23(26-15)27-24(28-30)32-14-18-6-3-4-8-20(18)22(31)29-11-5-7-17-9-10-19(25)13-21(17)29/h3-4,6,8-10,12-13H,5,7,11,14H2,1-2H3. The van der Waals surface area contributed by atoms with Crippen molar-refractivity contribution >= 4 is 29.1 Å². The molecule has 0 saturated carbocycles. The van der Waals surface area contributed by atoms with E-state index in [-0.39, 0.29) is 11.7 Å². The highest BCUT2D eigenvalue weighted by Crippen LogP contribution is 2.31.